The first-order chi connectivity index (χ1) is 13.7. The number of hydrogen-bond donors (Lipinski definition) is 2. The van der Waals surface area contributed by atoms with Crippen molar-refractivity contribution in [2.75, 3.05) is 0 Å². The Labute approximate surface area is 180 Å². The van der Waals surface area contributed by atoms with Gasteiger partial charge in [-0.1, -0.05) is 53.9 Å². The quantitative estimate of drug-likeness (QED) is 0.541. The molecule has 5 rings (SSSR count). The van der Waals surface area contributed by atoms with E-state index in [0.717, 1.165) is 48.3 Å². The van der Waals surface area contributed by atoms with E-state index in [0.29, 0.717) is 22.4 Å². The average molecular weight is 402 g/mol. The molecule has 4 saturated carbocycles. The third-order valence-electron chi connectivity index (χ3n) is 11.5. The lowest BCUT2D eigenvalue weighted by atomic mass is 9.44. The molecule has 2 heteroatoms. The maximum Gasteiger partial charge on any atom is 0.0558 e. The molecule has 166 valence electrons. The molecule has 5 fully saturated rings. The summed E-state index contributed by atoms with van der Waals surface area (Å²) in [5, 5.41) is 14.4. The zero-order valence-corrected chi connectivity index (χ0v) is 19.8. The van der Waals surface area contributed by atoms with Crippen LogP contribution in [0.15, 0.2) is 0 Å². The van der Waals surface area contributed by atoms with Crippen molar-refractivity contribution in [3.05, 3.63) is 0 Å². The minimum absolute atomic E-state index is 0.0615. The maximum absolute atomic E-state index is 10.4. The summed E-state index contributed by atoms with van der Waals surface area (Å²) in [4.78, 5) is 0. The topological polar surface area (TPSA) is 42.2 Å². The van der Waals surface area contributed by atoms with Crippen LogP contribution in [0, 0.1) is 46.3 Å². The van der Waals surface area contributed by atoms with Gasteiger partial charge in [0.2, 0.25) is 0 Å². The summed E-state index contributed by atoms with van der Waals surface area (Å²) in [6.07, 6.45) is 14.8. The van der Waals surface area contributed by atoms with E-state index in [2.05, 4.69) is 39.9 Å². The van der Waals surface area contributed by atoms with Crippen LogP contribution in [-0.4, -0.2) is 22.8 Å². The predicted molar refractivity (Wildman–Crippen MR) is 121 cm³/mol. The van der Waals surface area contributed by atoms with Crippen molar-refractivity contribution in [1.82, 2.24) is 5.32 Å². The largest absolute Gasteiger partial charge is 0.393 e. The van der Waals surface area contributed by atoms with Gasteiger partial charge in [-0.05, 0) is 97.7 Å². The zero-order valence-electron chi connectivity index (χ0n) is 19.8. The average Bonchev–Trinajstić information content (AvgIpc) is 3.22. The van der Waals surface area contributed by atoms with Crippen molar-refractivity contribution < 1.29 is 5.11 Å². The standard InChI is InChI=1S/C27H47NO/c1-17(2)7-6-8-18(3)21-9-10-22-20-15-24-27(28-24)16-19(29)11-14-26(27,5)23(20)12-13-25(21,22)4/h17-24,28-29H,6-16H2,1-5H3/t18-,19+,20+,21-,22+,23+,24-,25-,26-,27-/m1/s1. The summed E-state index contributed by atoms with van der Waals surface area (Å²) in [5.74, 6) is 5.52. The highest BCUT2D eigenvalue weighted by molar-refractivity contribution is 5.30. The predicted octanol–water partition coefficient (Wildman–Crippen LogP) is 6.17. The number of fused-ring (bicyclic) bond motifs is 4. The van der Waals surface area contributed by atoms with Crippen LogP contribution in [0.4, 0.5) is 0 Å². The minimum Gasteiger partial charge on any atom is -0.393 e. The van der Waals surface area contributed by atoms with E-state index in [-0.39, 0.29) is 6.10 Å². The maximum atomic E-state index is 10.4. The second-order valence-electron chi connectivity index (χ2n) is 13.1. The Morgan fingerprint density at radius 3 is 2.52 bits per heavy atom. The highest BCUT2D eigenvalue weighted by Gasteiger charge is 2.74. The van der Waals surface area contributed by atoms with E-state index in [1.54, 1.807) is 0 Å². The normalized spacial score (nSPS) is 54.3. The van der Waals surface area contributed by atoms with Crippen LogP contribution in [0.1, 0.15) is 105 Å². The van der Waals surface area contributed by atoms with Crippen LogP contribution in [0.3, 0.4) is 0 Å². The number of aliphatic hydroxyl groups is 1. The molecule has 1 saturated heterocycles. The highest BCUT2D eigenvalue weighted by Crippen LogP contribution is 2.72. The monoisotopic (exact) mass is 401 g/mol. The van der Waals surface area contributed by atoms with E-state index in [1.807, 2.05) is 0 Å². The van der Waals surface area contributed by atoms with Crippen molar-refractivity contribution in [1.29, 1.82) is 0 Å². The van der Waals surface area contributed by atoms with Crippen LogP contribution < -0.4 is 5.32 Å². The van der Waals surface area contributed by atoms with E-state index < -0.39 is 0 Å². The Hall–Kier alpha value is -0.0800. The molecule has 0 unspecified atom stereocenters. The van der Waals surface area contributed by atoms with Gasteiger partial charge in [-0.25, -0.2) is 0 Å². The number of nitrogens with one attached hydrogen (secondary N) is 1. The summed E-state index contributed by atoms with van der Waals surface area (Å²) in [6.45, 7) is 12.7. The first kappa shape index (κ1) is 20.8. The lowest BCUT2D eigenvalue weighted by Crippen LogP contribution is -2.59. The molecule has 5 aliphatic rings. The van der Waals surface area contributed by atoms with Gasteiger partial charge in [0.05, 0.1) is 6.10 Å². The SMILES string of the molecule is CC(C)CCC[C@@H](C)[C@H]1CC[C@H]2[C@@H]3C[C@H]4N[C@]45C[C@@H](O)CC[C@]5(C)[C@H]3CC[C@]12C. The smallest absolute Gasteiger partial charge is 0.0558 e. The molecule has 10 atom stereocenters. The number of aliphatic hydroxyl groups excluding tert-OH is 1. The first-order valence-corrected chi connectivity index (χ1v) is 13.2. The lowest BCUT2D eigenvalue weighted by molar-refractivity contribution is -0.106. The van der Waals surface area contributed by atoms with Gasteiger partial charge in [-0.15, -0.1) is 0 Å². The molecule has 4 aliphatic carbocycles. The Kier molecular flexibility index (Phi) is 4.99. The molecule has 2 N–H and O–H groups in total. The Morgan fingerprint density at radius 2 is 1.76 bits per heavy atom. The molecule has 2 nitrogen and oxygen atoms in total. The summed E-state index contributed by atoms with van der Waals surface area (Å²) < 4.78 is 0. The summed E-state index contributed by atoms with van der Waals surface area (Å²) in [6, 6.07) is 0.702. The van der Waals surface area contributed by atoms with E-state index in [9.17, 15) is 5.11 Å². The second-order valence-corrected chi connectivity index (χ2v) is 13.1. The number of rotatable bonds is 5. The molecular formula is C27H47NO. The highest BCUT2D eigenvalue weighted by atomic mass is 16.3. The van der Waals surface area contributed by atoms with Gasteiger partial charge in [0.25, 0.3) is 0 Å². The van der Waals surface area contributed by atoms with Crippen molar-refractivity contribution >= 4 is 0 Å². The van der Waals surface area contributed by atoms with Gasteiger partial charge < -0.3 is 10.4 Å². The third-order valence-corrected chi connectivity index (χ3v) is 11.5. The van der Waals surface area contributed by atoms with Crippen molar-refractivity contribution in [2.45, 2.75) is 123 Å². The fourth-order valence-electron chi connectivity index (χ4n) is 9.91. The van der Waals surface area contributed by atoms with Gasteiger partial charge >= 0.3 is 0 Å². The molecule has 0 aromatic carbocycles. The first-order valence-electron chi connectivity index (χ1n) is 13.2. The van der Waals surface area contributed by atoms with Gasteiger partial charge in [0.15, 0.2) is 0 Å². The van der Waals surface area contributed by atoms with Crippen LogP contribution in [-0.2, 0) is 0 Å². The van der Waals surface area contributed by atoms with E-state index >= 15 is 0 Å². The summed E-state index contributed by atoms with van der Waals surface area (Å²) >= 11 is 0. The van der Waals surface area contributed by atoms with Crippen LogP contribution in [0.5, 0.6) is 0 Å². The molecule has 1 spiro atoms. The van der Waals surface area contributed by atoms with Gasteiger partial charge in [0.1, 0.15) is 0 Å². The fraction of sp³-hybridized carbons (Fsp3) is 1.00. The molecule has 0 aromatic rings. The van der Waals surface area contributed by atoms with Gasteiger partial charge in [-0.2, -0.15) is 0 Å². The van der Waals surface area contributed by atoms with Gasteiger partial charge in [0, 0.05) is 11.6 Å². The molecule has 1 heterocycles. The lowest BCUT2D eigenvalue weighted by Gasteiger charge is -2.60. The van der Waals surface area contributed by atoms with E-state index in [1.165, 1.54) is 57.8 Å². The van der Waals surface area contributed by atoms with Crippen molar-refractivity contribution in [3.63, 3.8) is 0 Å². The minimum atomic E-state index is -0.0615. The van der Waals surface area contributed by atoms with Crippen LogP contribution in [0.25, 0.3) is 0 Å². The Bertz CT molecular complexity index is 632. The van der Waals surface area contributed by atoms with Crippen LogP contribution in [0.2, 0.25) is 0 Å². The van der Waals surface area contributed by atoms with Crippen molar-refractivity contribution in [2.24, 2.45) is 46.3 Å². The Morgan fingerprint density at radius 1 is 0.966 bits per heavy atom. The summed E-state index contributed by atoms with van der Waals surface area (Å²) in [5.41, 5.74) is 1.32. The van der Waals surface area contributed by atoms with Crippen molar-refractivity contribution in [3.8, 4) is 0 Å². The summed E-state index contributed by atoms with van der Waals surface area (Å²) in [7, 11) is 0. The molecule has 0 radical (unpaired) electrons. The molecular weight excluding hydrogens is 354 g/mol. The van der Waals surface area contributed by atoms with Gasteiger partial charge in [-0.3, -0.25) is 0 Å². The fourth-order valence-corrected chi connectivity index (χ4v) is 9.91. The second kappa shape index (κ2) is 6.96. The molecule has 0 aromatic heterocycles. The van der Waals surface area contributed by atoms with E-state index in [4.69, 9.17) is 0 Å². The zero-order chi connectivity index (χ0) is 20.6. The van der Waals surface area contributed by atoms with Crippen LogP contribution >= 0.6 is 0 Å². The molecule has 29 heavy (non-hydrogen) atoms. The molecule has 0 bridgehead atoms. The number of hydrogen-bond acceptors (Lipinski definition) is 2. The third kappa shape index (κ3) is 2.94. The molecule has 0 amide bonds. The Balaban J connectivity index is 1.33. The molecule has 1 aliphatic heterocycles.